The van der Waals surface area contributed by atoms with Crippen LogP contribution < -0.4 is 10.3 Å². The van der Waals surface area contributed by atoms with Gasteiger partial charge >= 0.3 is 0 Å². The molecule has 0 bridgehead atoms. The van der Waals surface area contributed by atoms with E-state index in [0.29, 0.717) is 35.0 Å². The Hall–Kier alpha value is -2.31. The summed E-state index contributed by atoms with van der Waals surface area (Å²) in [5.41, 5.74) is 1.88. The second-order valence-electron chi connectivity index (χ2n) is 6.40. The summed E-state index contributed by atoms with van der Waals surface area (Å²) in [5, 5.41) is 1.32. The number of hydrogen-bond acceptors (Lipinski definition) is 5. The Kier molecular flexibility index (Phi) is 6.53. The molecule has 1 heterocycles. The minimum absolute atomic E-state index is 0.0351. The van der Waals surface area contributed by atoms with Crippen LogP contribution in [0.5, 0.6) is 5.75 Å². The molecule has 0 saturated carbocycles. The van der Waals surface area contributed by atoms with E-state index in [4.69, 9.17) is 14.5 Å². The van der Waals surface area contributed by atoms with Gasteiger partial charge in [-0.15, -0.1) is 0 Å². The average Bonchev–Trinajstić information content (AvgIpc) is 2.67. The first-order valence-corrected chi connectivity index (χ1v) is 9.91. The van der Waals surface area contributed by atoms with Crippen LogP contribution >= 0.6 is 11.8 Å². The van der Waals surface area contributed by atoms with E-state index in [0.717, 1.165) is 5.75 Å². The number of methoxy groups -OCH3 is 1. The molecule has 142 valence electrons. The lowest BCUT2D eigenvalue weighted by Gasteiger charge is -2.19. The molecule has 0 aliphatic carbocycles. The molecule has 6 heteroatoms. The normalized spacial score (nSPS) is 12.3. The van der Waals surface area contributed by atoms with Crippen LogP contribution in [0.1, 0.15) is 18.5 Å². The summed E-state index contributed by atoms with van der Waals surface area (Å²) in [4.78, 5) is 17.7. The summed E-state index contributed by atoms with van der Waals surface area (Å²) in [6, 6.07) is 15.3. The van der Waals surface area contributed by atoms with Gasteiger partial charge in [-0.2, -0.15) is 0 Å². The average molecular weight is 385 g/mol. The lowest BCUT2D eigenvalue weighted by molar-refractivity contribution is 0.156. The van der Waals surface area contributed by atoms with Crippen molar-refractivity contribution in [2.75, 3.05) is 26.1 Å². The molecule has 0 aliphatic heterocycles. The molecule has 0 N–H and O–H groups in total. The topological polar surface area (TPSA) is 53.4 Å². The van der Waals surface area contributed by atoms with Gasteiger partial charge in [0.1, 0.15) is 5.75 Å². The summed E-state index contributed by atoms with van der Waals surface area (Å²) in [5.74, 6) is 1.54. The number of fused-ring (bicyclic) bond motifs is 1. The molecule has 3 aromatic rings. The van der Waals surface area contributed by atoms with E-state index in [1.165, 1.54) is 17.3 Å². The Bertz CT molecular complexity index is 954. The number of rotatable bonds is 8. The largest absolute Gasteiger partial charge is 0.493 e. The fourth-order valence-electron chi connectivity index (χ4n) is 2.86. The lowest BCUT2D eigenvalue weighted by Crippen LogP contribution is -2.28. The standard InChI is InChI=1S/C21H24N2O3S/c1-15-8-10-17(11-9-15)26-12-13-27-21-22-19-7-5-4-6-18(19)20(24)23(21)16(2)14-25-3/h4-11,16H,12-14H2,1-3H3/t16-/m1/s1. The van der Waals surface area contributed by atoms with Gasteiger partial charge in [-0.3, -0.25) is 9.36 Å². The highest BCUT2D eigenvalue weighted by atomic mass is 32.2. The van der Waals surface area contributed by atoms with Gasteiger partial charge in [-0.05, 0) is 38.1 Å². The van der Waals surface area contributed by atoms with Crippen molar-refractivity contribution in [1.29, 1.82) is 0 Å². The van der Waals surface area contributed by atoms with Gasteiger partial charge in [-0.25, -0.2) is 4.98 Å². The predicted molar refractivity (Wildman–Crippen MR) is 110 cm³/mol. The zero-order chi connectivity index (χ0) is 19.2. The van der Waals surface area contributed by atoms with Crippen LogP contribution in [0.2, 0.25) is 0 Å². The van der Waals surface area contributed by atoms with Crippen molar-refractivity contribution in [3.05, 3.63) is 64.4 Å². The molecule has 0 aliphatic rings. The number of hydrogen-bond donors (Lipinski definition) is 0. The molecular weight excluding hydrogens is 360 g/mol. The third-order valence-electron chi connectivity index (χ3n) is 4.23. The summed E-state index contributed by atoms with van der Waals surface area (Å²) < 4.78 is 12.8. The summed E-state index contributed by atoms with van der Waals surface area (Å²) in [6.45, 7) is 5.00. The van der Waals surface area contributed by atoms with E-state index in [1.54, 1.807) is 11.7 Å². The first kappa shape index (κ1) is 19.5. The van der Waals surface area contributed by atoms with Crippen LogP contribution in [0.3, 0.4) is 0 Å². The van der Waals surface area contributed by atoms with E-state index in [1.807, 2.05) is 62.4 Å². The van der Waals surface area contributed by atoms with Gasteiger partial charge in [-0.1, -0.05) is 41.6 Å². The van der Waals surface area contributed by atoms with Gasteiger partial charge in [0.2, 0.25) is 0 Å². The molecule has 0 unspecified atom stereocenters. The SMILES string of the molecule is COC[C@@H](C)n1c(SCCOc2ccc(C)cc2)nc2ccccc2c1=O. The number of ether oxygens (including phenoxy) is 2. The van der Waals surface area contributed by atoms with E-state index in [9.17, 15) is 4.79 Å². The molecule has 1 atom stereocenters. The van der Waals surface area contributed by atoms with Crippen LogP contribution in [0, 0.1) is 6.92 Å². The zero-order valence-corrected chi connectivity index (χ0v) is 16.7. The number of thioether (sulfide) groups is 1. The van der Waals surface area contributed by atoms with Gasteiger partial charge in [0.05, 0.1) is 30.2 Å². The van der Waals surface area contributed by atoms with Crippen molar-refractivity contribution in [2.24, 2.45) is 0 Å². The Morgan fingerprint density at radius 2 is 1.89 bits per heavy atom. The van der Waals surface area contributed by atoms with Gasteiger partial charge < -0.3 is 9.47 Å². The van der Waals surface area contributed by atoms with Crippen LogP contribution in [0.15, 0.2) is 58.5 Å². The van der Waals surface area contributed by atoms with Crippen molar-refractivity contribution in [3.8, 4) is 5.75 Å². The summed E-state index contributed by atoms with van der Waals surface area (Å²) in [6.07, 6.45) is 0. The predicted octanol–water partition coefficient (Wildman–Crippen LogP) is 4.08. The van der Waals surface area contributed by atoms with Gasteiger partial charge in [0.25, 0.3) is 5.56 Å². The van der Waals surface area contributed by atoms with Gasteiger partial charge in [0, 0.05) is 12.9 Å². The molecule has 0 amide bonds. The first-order valence-electron chi connectivity index (χ1n) is 8.92. The van der Waals surface area contributed by atoms with Crippen LogP contribution in [-0.2, 0) is 4.74 Å². The molecule has 0 fully saturated rings. The van der Waals surface area contributed by atoms with Crippen LogP contribution in [-0.4, -0.2) is 35.6 Å². The fourth-order valence-corrected chi connectivity index (χ4v) is 3.77. The molecule has 0 saturated heterocycles. The van der Waals surface area contributed by atoms with Crippen molar-refractivity contribution in [2.45, 2.75) is 25.0 Å². The highest BCUT2D eigenvalue weighted by molar-refractivity contribution is 7.99. The van der Waals surface area contributed by atoms with Crippen molar-refractivity contribution < 1.29 is 9.47 Å². The highest BCUT2D eigenvalue weighted by Crippen LogP contribution is 2.21. The Labute approximate surface area is 163 Å². The van der Waals surface area contributed by atoms with Crippen LogP contribution in [0.25, 0.3) is 10.9 Å². The van der Waals surface area contributed by atoms with Crippen LogP contribution in [0.4, 0.5) is 0 Å². The molecule has 3 rings (SSSR count). The monoisotopic (exact) mass is 384 g/mol. The molecule has 5 nitrogen and oxygen atoms in total. The lowest BCUT2D eigenvalue weighted by atomic mass is 10.2. The summed E-state index contributed by atoms with van der Waals surface area (Å²) >= 11 is 1.52. The molecule has 0 spiro atoms. The third-order valence-corrected chi connectivity index (χ3v) is 5.15. The minimum Gasteiger partial charge on any atom is -0.493 e. The van der Waals surface area contributed by atoms with E-state index < -0.39 is 0 Å². The van der Waals surface area contributed by atoms with E-state index in [2.05, 4.69) is 0 Å². The second kappa shape index (κ2) is 9.06. The zero-order valence-electron chi connectivity index (χ0n) is 15.8. The highest BCUT2D eigenvalue weighted by Gasteiger charge is 2.16. The molecule has 1 aromatic heterocycles. The maximum atomic E-state index is 13.0. The number of nitrogens with zero attached hydrogens (tertiary/aromatic N) is 2. The third kappa shape index (κ3) is 4.70. The van der Waals surface area contributed by atoms with Crippen molar-refractivity contribution >= 4 is 22.7 Å². The molecule has 2 aromatic carbocycles. The number of para-hydroxylation sites is 1. The van der Waals surface area contributed by atoms with Crippen molar-refractivity contribution in [3.63, 3.8) is 0 Å². The second-order valence-corrected chi connectivity index (χ2v) is 7.46. The maximum absolute atomic E-state index is 13.0. The number of aryl methyl sites for hydroxylation is 1. The summed E-state index contributed by atoms with van der Waals surface area (Å²) in [7, 11) is 1.64. The Balaban J connectivity index is 1.78. The Morgan fingerprint density at radius 3 is 2.63 bits per heavy atom. The number of benzene rings is 2. The van der Waals surface area contributed by atoms with E-state index >= 15 is 0 Å². The maximum Gasteiger partial charge on any atom is 0.262 e. The minimum atomic E-state index is -0.0971. The smallest absolute Gasteiger partial charge is 0.262 e. The Morgan fingerprint density at radius 1 is 1.15 bits per heavy atom. The molecular formula is C21H24N2O3S. The number of aromatic nitrogens is 2. The quantitative estimate of drug-likeness (QED) is 0.333. The van der Waals surface area contributed by atoms with E-state index in [-0.39, 0.29) is 11.6 Å². The van der Waals surface area contributed by atoms with Gasteiger partial charge in [0.15, 0.2) is 5.16 Å². The first-order chi connectivity index (χ1) is 13.1. The van der Waals surface area contributed by atoms with Crippen molar-refractivity contribution in [1.82, 2.24) is 9.55 Å². The fraction of sp³-hybridized carbons (Fsp3) is 0.333. The molecule has 27 heavy (non-hydrogen) atoms. The molecule has 0 radical (unpaired) electrons.